The topological polar surface area (TPSA) is 49.8 Å². The van der Waals surface area contributed by atoms with Crippen molar-refractivity contribution in [2.24, 2.45) is 5.41 Å². The van der Waals surface area contributed by atoms with Gasteiger partial charge >= 0.3 is 0 Å². The van der Waals surface area contributed by atoms with E-state index in [1.54, 1.807) is 13.2 Å². The molecule has 1 aromatic carbocycles. The standard InChI is InChI=1S/C19H27NO3/c1-4-7-15-12-16(8-9-17(15)23-3)18(22)20-11-6-10-19(5-2,13-20)14-21/h4,8-9,12,21H,1,5-7,10-11,13-14H2,2-3H3/t19-/m0/s1. The normalized spacial score (nSPS) is 21.1. The Morgan fingerprint density at radius 1 is 1.52 bits per heavy atom. The molecular weight excluding hydrogens is 290 g/mol. The number of hydrogen-bond donors (Lipinski definition) is 1. The number of carbonyl (C=O) groups excluding carboxylic acids is 1. The van der Waals surface area contributed by atoms with Gasteiger partial charge in [-0.25, -0.2) is 0 Å². The lowest BCUT2D eigenvalue weighted by atomic mass is 9.78. The molecule has 1 heterocycles. The van der Waals surface area contributed by atoms with Crippen molar-refractivity contribution in [1.82, 2.24) is 4.90 Å². The lowest BCUT2D eigenvalue weighted by Gasteiger charge is -2.41. The van der Waals surface area contributed by atoms with Gasteiger partial charge in [-0.05, 0) is 49.4 Å². The van der Waals surface area contributed by atoms with Gasteiger partial charge in [0, 0.05) is 24.1 Å². The van der Waals surface area contributed by atoms with Crippen LogP contribution in [0.25, 0.3) is 0 Å². The van der Waals surface area contributed by atoms with E-state index in [1.165, 1.54) is 0 Å². The molecular formula is C19H27NO3. The van der Waals surface area contributed by atoms with Gasteiger partial charge in [-0.1, -0.05) is 13.0 Å². The fraction of sp³-hybridized carbons (Fsp3) is 0.526. The Morgan fingerprint density at radius 2 is 2.30 bits per heavy atom. The van der Waals surface area contributed by atoms with Crippen molar-refractivity contribution in [3.63, 3.8) is 0 Å². The quantitative estimate of drug-likeness (QED) is 0.821. The number of aliphatic hydroxyl groups excluding tert-OH is 1. The highest BCUT2D eigenvalue weighted by molar-refractivity contribution is 5.94. The molecule has 23 heavy (non-hydrogen) atoms. The molecule has 4 heteroatoms. The number of carbonyl (C=O) groups is 1. The summed E-state index contributed by atoms with van der Waals surface area (Å²) < 4.78 is 5.34. The van der Waals surface area contributed by atoms with E-state index < -0.39 is 0 Å². The lowest BCUT2D eigenvalue weighted by molar-refractivity contribution is 0.0251. The number of amides is 1. The van der Waals surface area contributed by atoms with Gasteiger partial charge in [0.15, 0.2) is 0 Å². The van der Waals surface area contributed by atoms with Crippen molar-refractivity contribution < 1.29 is 14.6 Å². The van der Waals surface area contributed by atoms with Gasteiger partial charge in [0.05, 0.1) is 13.7 Å². The Labute approximate surface area is 138 Å². The van der Waals surface area contributed by atoms with E-state index >= 15 is 0 Å². The van der Waals surface area contributed by atoms with Gasteiger partial charge in [0.2, 0.25) is 0 Å². The van der Waals surface area contributed by atoms with Crippen LogP contribution >= 0.6 is 0 Å². The number of methoxy groups -OCH3 is 1. The van der Waals surface area contributed by atoms with Crippen molar-refractivity contribution in [3.8, 4) is 5.75 Å². The maximum absolute atomic E-state index is 12.9. The van der Waals surface area contributed by atoms with Crippen molar-refractivity contribution in [1.29, 1.82) is 0 Å². The summed E-state index contributed by atoms with van der Waals surface area (Å²) in [4.78, 5) is 14.7. The molecule has 4 nitrogen and oxygen atoms in total. The SMILES string of the molecule is C=CCc1cc(C(=O)N2CCC[C@](CC)(CO)C2)ccc1OC. The lowest BCUT2D eigenvalue weighted by Crippen LogP contribution is -2.47. The minimum Gasteiger partial charge on any atom is -0.496 e. The van der Waals surface area contributed by atoms with Crippen LogP contribution < -0.4 is 4.74 Å². The van der Waals surface area contributed by atoms with E-state index in [1.807, 2.05) is 23.1 Å². The predicted octanol–water partition coefficient (Wildman–Crippen LogP) is 3.05. The molecule has 1 fully saturated rings. The molecule has 126 valence electrons. The molecule has 1 N–H and O–H groups in total. The second-order valence-electron chi connectivity index (χ2n) is 6.36. The van der Waals surface area contributed by atoms with Crippen LogP contribution in [0.2, 0.25) is 0 Å². The van der Waals surface area contributed by atoms with E-state index in [-0.39, 0.29) is 17.9 Å². The summed E-state index contributed by atoms with van der Waals surface area (Å²) in [5, 5.41) is 9.73. The Morgan fingerprint density at radius 3 is 2.91 bits per heavy atom. The van der Waals surface area contributed by atoms with E-state index in [9.17, 15) is 9.90 Å². The fourth-order valence-corrected chi connectivity index (χ4v) is 3.32. The number of allylic oxidation sites excluding steroid dienone is 1. The number of ether oxygens (including phenoxy) is 1. The number of rotatable bonds is 6. The minimum absolute atomic E-state index is 0.0314. The third-order valence-corrected chi connectivity index (χ3v) is 4.93. The molecule has 1 amide bonds. The molecule has 0 aliphatic carbocycles. The molecule has 0 unspecified atom stereocenters. The largest absolute Gasteiger partial charge is 0.496 e. The number of piperidine rings is 1. The van der Waals surface area contributed by atoms with Gasteiger partial charge in [-0.3, -0.25) is 4.79 Å². The van der Waals surface area contributed by atoms with Crippen LogP contribution in [0.5, 0.6) is 5.75 Å². The van der Waals surface area contributed by atoms with Gasteiger partial charge < -0.3 is 14.7 Å². The smallest absolute Gasteiger partial charge is 0.253 e. The number of nitrogens with zero attached hydrogens (tertiary/aromatic N) is 1. The highest BCUT2D eigenvalue weighted by atomic mass is 16.5. The van der Waals surface area contributed by atoms with Crippen LogP contribution in [0, 0.1) is 5.41 Å². The molecule has 2 rings (SSSR count). The average molecular weight is 317 g/mol. The van der Waals surface area contributed by atoms with Crippen LogP contribution in [-0.4, -0.2) is 42.7 Å². The van der Waals surface area contributed by atoms with Gasteiger partial charge in [-0.2, -0.15) is 0 Å². The van der Waals surface area contributed by atoms with Crippen molar-refractivity contribution >= 4 is 5.91 Å². The number of aliphatic hydroxyl groups is 1. The van der Waals surface area contributed by atoms with E-state index in [0.717, 1.165) is 37.1 Å². The number of benzene rings is 1. The molecule has 1 aliphatic rings. The maximum atomic E-state index is 12.9. The third-order valence-electron chi connectivity index (χ3n) is 4.93. The second kappa shape index (κ2) is 7.64. The zero-order chi connectivity index (χ0) is 16.9. The first kappa shape index (κ1) is 17.5. The van der Waals surface area contributed by atoms with Gasteiger partial charge in [0.1, 0.15) is 5.75 Å². The van der Waals surface area contributed by atoms with E-state index in [0.29, 0.717) is 18.5 Å². The minimum atomic E-state index is -0.148. The van der Waals surface area contributed by atoms with Crippen molar-refractivity contribution in [2.45, 2.75) is 32.6 Å². The van der Waals surface area contributed by atoms with E-state index in [4.69, 9.17) is 4.74 Å². The highest BCUT2D eigenvalue weighted by Gasteiger charge is 2.35. The molecule has 0 spiro atoms. The zero-order valence-electron chi connectivity index (χ0n) is 14.2. The van der Waals surface area contributed by atoms with Crippen molar-refractivity contribution in [3.05, 3.63) is 42.0 Å². The van der Waals surface area contributed by atoms with Crippen LogP contribution in [-0.2, 0) is 6.42 Å². The van der Waals surface area contributed by atoms with Crippen LogP contribution in [0.4, 0.5) is 0 Å². The van der Waals surface area contributed by atoms with Crippen LogP contribution in [0.3, 0.4) is 0 Å². The van der Waals surface area contributed by atoms with Gasteiger partial charge in [-0.15, -0.1) is 6.58 Å². The summed E-state index contributed by atoms with van der Waals surface area (Å²) in [6.07, 6.45) is 5.28. The molecule has 1 saturated heterocycles. The Balaban J connectivity index is 2.22. The summed E-state index contributed by atoms with van der Waals surface area (Å²) in [5.74, 6) is 0.808. The molecule has 1 aliphatic heterocycles. The molecule has 0 saturated carbocycles. The summed E-state index contributed by atoms with van der Waals surface area (Å²) >= 11 is 0. The highest BCUT2D eigenvalue weighted by Crippen LogP contribution is 2.33. The number of hydrogen-bond acceptors (Lipinski definition) is 3. The first-order valence-electron chi connectivity index (χ1n) is 8.27. The van der Waals surface area contributed by atoms with Crippen LogP contribution in [0.15, 0.2) is 30.9 Å². The number of likely N-dealkylation sites (tertiary alicyclic amines) is 1. The first-order valence-corrected chi connectivity index (χ1v) is 8.27. The van der Waals surface area contributed by atoms with Gasteiger partial charge in [0.25, 0.3) is 5.91 Å². The van der Waals surface area contributed by atoms with Crippen molar-refractivity contribution in [2.75, 3.05) is 26.8 Å². The second-order valence-corrected chi connectivity index (χ2v) is 6.36. The Hall–Kier alpha value is -1.81. The molecule has 0 radical (unpaired) electrons. The fourth-order valence-electron chi connectivity index (χ4n) is 3.32. The Bertz CT molecular complexity index is 564. The first-order chi connectivity index (χ1) is 11.1. The molecule has 0 bridgehead atoms. The summed E-state index contributed by atoms with van der Waals surface area (Å²) in [7, 11) is 1.63. The summed E-state index contributed by atoms with van der Waals surface area (Å²) in [6, 6.07) is 5.55. The monoisotopic (exact) mass is 317 g/mol. The Kier molecular flexibility index (Phi) is 5.83. The molecule has 0 aromatic heterocycles. The molecule has 1 aromatic rings. The van der Waals surface area contributed by atoms with Crippen LogP contribution in [0.1, 0.15) is 42.1 Å². The summed E-state index contributed by atoms with van der Waals surface area (Å²) in [5.41, 5.74) is 1.49. The zero-order valence-corrected chi connectivity index (χ0v) is 14.2. The third kappa shape index (κ3) is 3.75. The van der Waals surface area contributed by atoms with E-state index in [2.05, 4.69) is 13.5 Å². The predicted molar refractivity (Wildman–Crippen MR) is 91.8 cm³/mol. The summed E-state index contributed by atoms with van der Waals surface area (Å²) in [6.45, 7) is 7.36. The maximum Gasteiger partial charge on any atom is 0.253 e. The molecule has 1 atom stereocenters. The average Bonchev–Trinajstić information content (AvgIpc) is 2.61.